The number of aromatic nitrogens is 1. The number of carbonyl (C=O) groups is 2. The summed E-state index contributed by atoms with van der Waals surface area (Å²) in [5.41, 5.74) is 1.81. The van der Waals surface area contributed by atoms with Gasteiger partial charge in [-0.25, -0.2) is 0 Å². The zero-order valence-corrected chi connectivity index (χ0v) is 11.3. The minimum atomic E-state index is -0.343. The number of carbonyl (C=O) groups excluding carboxylic acids is 2. The Bertz CT molecular complexity index is 527. The van der Waals surface area contributed by atoms with Crippen molar-refractivity contribution in [2.75, 3.05) is 0 Å². The Labute approximate surface area is 110 Å². The van der Waals surface area contributed by atoms with Crippen LogP contribution in [0.25, 0.3) is 6.08 Å². The first-order valence-corrected chi connectivity index (χ1v) is 6.39. The molecular formula is C13H14N2O2S. The number of nitrogens with one attached hydrogen (secondary N) is 1. The maximum Gasteiger partial charge on any atom is 0.290 e. The van der Waals surface area contributed by atoms with Gasteiger partial charge >= 0.3 is 0 Å². The van der Waals surface area contributed by atoms with Crippen molar-refractivity contribution in [3.63, 3.8) is 0 Å². The van der Waals surface area contributed by atoms with Crippen molar-refractivity contribution in [1.29, 1.82) is 0 Å². The molecule has 4 nitrogen and oxygen atoms in total. The van der Waals surface area contributed by atoms with Crippen LogP contribution in [0.15, 0.2) is 23.2 Å². The van der Waals surface area contributed by atoms with Crippen LogP contribution in [0, 0.1) is 0 Å². The lowest BCUT2D eigenvalue weighted by molar-refractivity contribution is -0.115. The van der Waals surface area contributed by atoms with Gasteiger partial charge in [0.15, 0.2) is 0 Å². The molecule has 2 heterocycles. The molecule has 1 saturated heterocycles. The number of pyridine rings is 1. The number of rotatable bonds is 1. The molecule has 2 amide bonds. The largest absolute Gasteiger partial charge is 0.290 e. The van der Waals surface area contributed by atoms with E-state index in [2.05, 4.69) is 31.1 Å². The van der Waals surface area contributed by atoms with Gasteiger partial charge in [0.05, 0.1) is 4.91 Å². The van der Waals surface area contributed by atoms with Crippen LogP contribution < -0.4 is 5.32 Å². The van der Waals surface area contributed by atoms with Gasteiger partial charge in [0.25, 0.3) is 11.1 Å². The van der Waals surface area contributed by atoms with Gasteiger partial charge in [-0.1, -0.05) is 26.8 Å². The molecule has 0 unspecified atom stereocenters. The molecule has 0 atom stereocenters. The van der Waals surface area contributed by atoms with Gasteiger partial charge < -0.3 is 0 Å². The van der Waals surface area contributed by atoms with Gasteiger partial charge in [-0.2, -0.15) is 0 Å². The van der Waals surface area contributed by atoms with E-state index in [4.69, 9.17) is 0 Å². The lowest BCUT2D eigenvalue weighted by Gasteiger charge is -2.17. The van der Waals surface area contributed by atoms with E-state index in [0.717, 1.165) is 23.0 Å². The standard InChI is InChI=1S/C13H14N2O2S/c1-13(2,3)10-5-4-8(7-14-10)6-9-11(16)15-12(17)18-9/h4-7H,1-3H3,(H,15,16,17)/b9-6-. The molecule has 1 aromatic rings. The van der Waals surface area contributed by atoms with Gasteiger partial charge in [-0.3, -0.25) is 19.9 Å². The SMILES string of the molecule is CC(C)(C)c1ccc(/C=C2\SC(=O)NC2=O)cn1. The monoisotopic (exact) mass is 262 g/mol. The number of nitrogens with zero attached hydrogens (tertiary/aromatic N) is 1. The molecule has 0 bridgehead atoms. The van der Waals surface area contributed by atoms with E-state index in [9.17, 15) is 9.59 Å². The second-order valence-electron chi connectivity index (χ2n) is 5.08. The smallest absolute Gasteiger partial charge is 0.282 e. The lowest BCUT2D eigenvalue weighted by atomic mass is 9.91. The summed E-state index contributed by atoms with van der Waals surface area (Å²) in [5.74, 6) is -0.343. The molecule has 1 aliphatic heterocycles. The maximum absolute atomic E-state index is 11.4. The Morgan fingerprint density at radius 1 is 1.28 bits per heavy atom. The summed E-state index contributed by atoms with van der Waals surface area (Å²) in [5, 5.41) is 1.89. The summed E-state index contributed by atoms with van der Waals surface area (Å²) in [6.07, 6.45) is 3.38. The fourth-order valence-electron chi connectivity index (χ4n) is 1.51. The second kappa shape index (κ2) is 4.57. The Kier molecular flexibility index (Phi) is 3.26. The van der Waals surface area contributed by atoms with Crippen molar-refractivity contribution in [2.24, 2.45) is 0 Å². The van der Waals surface area contributed by atoms with Crippen molar-refractivity contribution < 1.29 is 9.59 Å². The van der Waals surface area contributed by atoms with Crippen LogP contribution in [0.1, 0.15) is 32.0 Å². The zero-order chi connectivity index (χ0) is 13.3. The third-order valence-electron chi connectivity index (χ3n) is 2.49. The van der Waals surface area contributed by atoms with Gasteiger partial charge in [-0.15, -0.1) is 0 Å². The zero-order valence-electron chi connectivity index (χ0n) is 10.5. The highest BCUT2D eigenvalue weighted by molar-refractivity contribution is 8.18. The third-order valence-corrected chi connectivity index (χ3v) is 3.31. The molecule has 1 N–H and O–H groups in total. The molecule has 1 aromatic heterocycles. The quantitative estimate of drug-likeness (QED) is 0.790. The maximum atomic E-state index is 11.4. The Hall–Kier alpha value is -1.62. The summed E-state index contributed by atoms with van der Waals surface area (Å²) in [7, 11) is 0. The van der Waals surface area contributed by atoms with E-state index in [-0.39, 0.29) is 16.6 Å². The first-order valence-electron chi connectivity index (χ1n) is 5.58. The lowest BCUT2D eigenvalue weighted by Crippen LogP contribution is -2.17. The fourth-order valence-corrected chi connectivity index (χ4v) is 2.19. The second-order valence-corrected chi connectivity index (χ2v) is 6.09. The normalized spacial score (nSPS) is 18.3. The molecule has 0 radical (unpaired) electrons. The molecule has 0 saturated carbocycles. The summed E-state index contributed by atoms with van der Waals surface area (Å²) in [4.78, 5) is 27.2. The molecule has 18 heavy (non-hydrogen) atoms. The summed E-state index contributed by atoms with van der Waals surface area (Å²) in [6.45, 7) is 6.27. The van der Waals surface area contributed by atoms with Gasteiger partial charge in [-0.05, 0) is 29.5 Å². The van der Waals surface area contributed by atoms with Gasteiger partial charge in [0.2, 0.25) is 0 Å². The van der Waals surface area contributed by atoms with Crippen LogP contribution in [-0.2, 0) is 10.2 Å². The van der Waals surface area contributed by atoms with E-state index in [0.29, 0.717) is 4.91 Å². The third kappa shape index (κ3) is 2.79. The predicted octanol–water partition coefficient (Wildman–Crippen LogP) is 2.70. The molecule has 2 rings (SSSR count). The van der Waals surface area contributed by atoms with E-state index in [1.807, 2.05) is 12.1 Å². The van der Waals surface area contributed by atoms with Crippen LogP contribution in [0.3, 0.4) is 0 Å². The first-order chi connectivity index (χ1) is 8.36. The van der Waals surface area contributed by atoms with Crippen LogP contribution in [0.4, 0.5) is 4.79 Å². The molecule has 1 aliphatic rings. The average Bonchev–Trinajstić information content (AvgIpc) is 2.57. The summed E-state index contributed by atoms with van der Waals surface area (Å²) < 4.78 is 0. The number of hydrogen-bond acceptors (Lipinski definition) is 4. The average molecular weight is 262 g/mol. The fraction of sp³-hybridized carbons (Fsp3) is 0.308. The van der Waals surface area contributed by atoms with Crippen molar-refractivity contribution in [3.8, 4) is 0 Å². The highest BCUT2D eigenvalue weighted by Crippen LogP contribution is 2.26. The van der Waals surface area contributed by atoms with Gasteiger partial charge in [0, 0.05) is 17.3 Å². The van der Waals surface area contributed by atoms with Crippen molar-refractivity contribution >= 4 is 29.0 Å². The van der Waals surface area contributed by atoms with Crippen molar-refractivity contribution in [2.45, 2.75) is 26.2 Å². The minimum Gasteiger partial charge on any atom is -0.282 e. The number of hydrogen-bond donors (Lipinski definition) is 1. The predicted molar refractivity (Wildman–Crippen MR) is 72.0 cm³/mol. The highest BCUT2D eigenvalue weighted by atomic mass is 32.2. The van der Waals surface area contributed by atoms with E-state index < -0.39 is 0 Å². The Balaban J connectivity index is 2.24. The van der Waals surface area contributed by atoms with Crippen LogP contribution in [0.5, 0.6) is 0 Å². The first kappa shape index (κ1) is 12.8. The van der Waals surface area contributed by atoms with E-state index in [1.165, 1.54) is 0 Å². The molecular weight excluding hydrogens is 248 g/mol. The van der Waals surface area contributed by atoms with Crippen LogP contribution >= 0.6 is 11.8 Å². The molecule has 1 fully saturated rings. The van der Waals surface area contributed by atoms with Crippen molar-refractivity contribution in [3.05, 3.63) is 34.5 Å². The summed E-state index contributed by atoms with van der Waals surface area (Å²) >= 11 is 0.912. The van der Waals surface area contributed by atoms with Crippen LogP contribution in [-0.4, -0.2) is 16.1 Å². The summed E-state index contributed by atoms with van der Waals surface area (Å²) in [6, 6.07) is 3.84. The minimum absolute atomic E-state index is 0.00111. The number of thioether (sulfide) groups is 1. The molecule has 0 aliphatic carbocycles. The van der Waals surface area contributed by atoms with Crippen molar-refractivity contribution in [1.82, 2.24) is 10.3 Å². The number of imide groups is 1. The number of amides is 2. The Morgan fingerprint density at radius 3 is 2.44 bits per heavy atom. The van der Waals surface area contributed by atoms with Crippen LogP contribution in [0.2, 0.25) is 0 Å². The molecule has 0 aromatic carbocycles. The molecule has 5 heteroatoms. The Morgan fingerprint density at radius 2 is 2.00 bits per heavy atom. The molecule has 0 spiro atoms. The topological polar surface area (TPSA) is 59.1 Å². The molecule has 94 valence electrons. The van der Waals surface area contributed by atoms with E-state index >= 15 is 0 Å². The van der Waals surface area contributed by atoms with Gasteiger partial charge in [0.1, 0.15) is 0 Å². The highest BCUT2D eigenvalue weighted by Gasteiger charge is 2.25. The van der Waals surface area contributed by atoms with E-state index in [1.54, 1.807) is 12.3 Å².